The first-order chi connectivity index (χ1) is 20.8. The van der Waals surface area contributed by atoms with E-state index >= 15 is 0 Å². The van der Waals surface area contributed by atoms with Gasteiger partial charge >= 0.3 is 0 Å². The third kappa shape index (κ3) is 3.99. The molecule has 0 bridgehead atoms. The lowest BCUT2D eigenvalue weighted by atomic mass is 9.80. The van der Waals surface area contributed by atoms with E-state index < -0.39 is 18.0 Å². The number of aryl methyl sites for hydroxylation is 2. The average molecular weight is 571 g/mol. The van der Waals surface area contributed by atoms with E-state index in [1.807, 2.05) is 24.3 Å². The van der Waals surface area contributed by atoms with Gasteiger partial charge in [0, 0.05) is 27.6 Å². The van der Waals surface area contributed by atoms with Crippen molar-refractivity contribution in [3.63, 3.8) is 0 Å². The van der Waals surface area contributed by atoms with Gasteiger partial charge in [-0.15, -0.1) is 0 Å². The maximum atomic E-state index is 10.1. The first-order valence-electron chi connectivity index (χ1n) is 14.5. The molecule has 0 saturated heterocycles. The molecule has 0 amide bonds. The van der Waals surface area contributed by atoms with Crippen molar-refractivity contribution < 1.29 is 24.1 Å². The fourth-order valence-corrected chi connectivity index (χ4v) is 6.87. The van der Waals surface area contributed by atoms with Crippen LogP contribution in [-0.4, -0.2) is 26.1 Å². The molecular weight excluding hydrogens is 536 g/mol. The van der Waals surface area contributed by atoms with Crippen LogP contribution >= 0.6 is 0 Å². The van der Waals surface area contributed by atoms with E-state index in [9.17, 15) is 5.11 Å². The second-order valence-electron chi connectivity index (χ2n) is 11.5. The molecular formula is C38H34O5. The van der Waals surface area contributed by atoms with Crippen molar-refractivity contribution in [2.75, 3.05) is 21.0 Å². The van der Waals surface area contributed by atoms with Crippen molar-refractivity contribution in [3.05, 3.63) is 130 Å². The van der Waals surface area contributed by atoms with Gasteiger partial charge in [0.15, 0.2) is 5.60 Å². The summed E-state index contributed by atoms with van der Waals surface area (Å²) in [7, 11) is 3.34. The van der Waals surface area contributed by atoms with Gasteiger partial charge in [-0.05, 0) is 79.3 Å². The van der Waals surface area contributed by atoms with E-state index in [0.717, 1.165) is 78.1 Å². The Kier molecular flexibility index (Phi) is 6.35. The Morgan fingerprint density at radius 1 is 0.744 bits per heavy atom. The molecule has 5 heteroatoms. The van der Waals surface area contributed by atoms with E-state index in [1.165, 1.54) is 0 Å². The molecule has 7 rings (SSSR count). The molecule has 0 fully saturated rings. The summed E-state index contributed by atoms with van der Waals surface area (Å²) in [5, 5.41) is 12.3. The second kappa shape index (κ2) is 10.0. The van der Waals surface area contributed by atoms with Crippen molar-refractivity contribution in [1.29, 1.82) is 0 Å². The molecule has 1 atom stereocenters. The van der Waals surface area contributed by atoms with E-state index in [4.69, 9.17) is 18.9 Å². The minimum Gasteiger partial charge on any atom is -0.497 e. The molecule has 0 radical (unpaired) electrons. The van der Waals surface area contributed by atoms with Crippen molar-refractivity contribution in [2.24, 2.45) is 0 Å². The topological polar surface area (TPSA) is 57.2 Å². The number of hydrogen-bond acceptors (Lipinski definition) is 5. The van der Waals surface area contributed by atoms with Gasteiger partial charge in [-0.25, -0.2) is 0 Å². The number of benzene rings is 5. The summed E-state index contributed by atoms with van der Waals surface area (Å²) < 4.78 is 24.5. The molecule has 1 aliphatic carbocycles. The minimum atomic E-state index is -0.924. The van der Waals surface area contributed by atoms with Gasteiger partial charge in [0.05, 0.1) is 14.2 Å². The van der Waals surface area contributed by atoms with Crippen LogP contribution in [0.3, 0.4) is 0 Å². The monoisotopic (exact) mass is 570 g/mol. The normalized spacial score (nSPS) is 17.6. The highest BCUT2D eigenvalue weighted by molar-refractivity contribution is 6.08. The standard InChI is InChI=1S/C38H34O5/c1-23-6-16-29-32(20-23)36-31(35-34(29)30-17-7-24(2)21-33(30)37(35,3)42-22-39)18-19-38(43-36,25-8-12-27(40-4)13-9-25)26-10-14-28(41-5)15-11-26/h6-21,39H,22H2,1-5H3. The lowest BCUT2D eigenvalue weighted by Gasteiger charge is -2.39. The summed E-state index contributed by atoms with van der Waals surface area (Å²) in [4.78, 5) is 0. The first kappa shape index (κ1) is 27.3. The fraction of sp³-hybridized carbons (Fsp3) is 0.211. The molecule has 5 aromatic carbocycles. The number of rotatable bonds is 6. The minimum absolute atomic E-state index is 0.407. The number of methoxy groups -OCH3 is 2. The van der Waals surface area contributed by atoms with Crippen LogP contribution in [0.2, 0.25) is 0 Å². The Bertz CT molecular complexity index is 1860. The zero-order chi connectivity index (χ0) is 29.9. The molecule has 0 aromatic heterocycles. The zero-order valence-corrected chi connectivity index (χ0v) is 25.0. The Balaban J connectivity index is 1.55. The van der Waals surface area contributed by atoms with Crippen LogP contribution in [0.25, 0.3) is 28.0 Å². The molecule has 0 saturated carbocycles. The molecule has 2 aliphatic rings. The Labute approximate surface area is 251 Å². The quantitative estimate of drug-likeness (QED) is 0.210. The molecule has 1 N–H and O–H groups in total. The van der Waals surface area contributed by atoms with Crippen molar-refractivity contribution in [2.45, 2.75) is 32.0 Å². The van der Waals surface area contributed by atoms with Crippen LogP contribution in [0.15, 0.2) is 91.0 Å². The largest absolute Gasteiger partial charge is 0.497 e. The van der Waals surface area contributed by atoms with E-state index in [0.29, 0.717) is 0 Å². The van der Waals surface area contributed by atoms with Gasteiger partial charge in [0.1, 0.15) is 29.6 Å². The lowest BCUT2D eigenvalue weighted by molar-refractivity contribution is -0.0879. The first-order valence-corrected chi connectivity index (χ1v) is 14.5. The van der Waals surface area contributed by atoms with Crippen LogP contribution in [-0.2, 0) is 15.9 Å². The summed E-state index contributed by atoms with van der Waals surface area (Å²) in [6, 6.07) is 29.1. The molecule has 0 spiro atoms. The highest BCUT2D eigenvalue weighted by Crippen LogP contribution is 2.58. The Hall–Kier alpha value is -4.58. The van der Waals surface area contributed by atoms with Gasteiger partial charge in [-0.2, -0.15) is 0 Å². The third-order valence-electron chi connectivity index (χ3n) is 9.03. The summed E-state index contributed by atoms with van der Waals surface area (Å²) in [5.41, 5.74) is 7.65. The number of hydrogen-bond donors (Lipinski definition) is 1. The van der Waals surface area contributed by atoms with Gasteiger partial charge in [-0.1, -0.05) is 71.8 Å². The smallest absolute Gasteiger partial charge is 0.178 e. The number of ether oxygens (including phenoxy) is 4. The van der Waals surface area contributed by atoms with E-state index in [-0.39, 0.29) is 0 Å². The summed E-state index contributed by atoms with van der Waals surface area (Å²) in [6.07, 6.45) is 4.31. The predicted molar refractivity (Wildman–Crippen MR) is 170 cm³/mol. The van der Waals surface area contributed by atoms with Crippen LogP contribution in [0, 0.1) is 13.8 Å². The van der Waals surface area contributed by atoms with Crippen LogP contribution in [0.5, 0.6) is 17.2 Å². The number of aliphatic hydroxyl groups is 1. The van der Waals surface area contributed by atoms with Crippen LogP contribution in [0.1, 0.15) is 45.9 Å². The summed E-state index contributed by atoms with van der Waals surface area (Å²) >= 11 is 0. The average Bonchev–Trinajstić information content (AvgIpc) is 3.28. The van der Waals surface area contributed by atoms with Gasteiger partial charge in [0.2, 0.25) is 0 Å². The van der Waals surface area contributed by atoms with Crippen molar-refractivity contribution >= 4 is 16.8 Å². The molecule has 5 nitrogen and oxygen atoms in total. The van der Waals surface area contributed by atoms with Crippen molar-refractivity contribution in [3.8, 4) is 28.4 Å². The van der Waals surface area contributed by atoms with Crippen LogP contribution < -0.4 is 14.2 Å². The van der Waals surface area contributed by atoms with Crippen LogP contribution in [0.4, 0.5) is 0 Å². The molecule has 1 unspecified atom stereocenters. The molecule has 216 valence electrons. The summed E-state index contributed by atoms with van der Waals surface area (Å²) in [5.74, 6) is 2.33. The second-order valence-corrected chi connectivity index (χ2v) is 11.5. The maximum absolute atomic E-state index is 10.1. The fourth-order valence-electron chi connectivity index (χ4n) is 6.87. The zero-order valence-electron chi connectivity index (χ0n) is 25.0. The third-order valence-corrected chi connectivity index (χ3v) is 9.03. The molecule has 43 heavy (non-hydrogen) atoms. The van der Waals surface area contributed by atoms with E-state index in [2.05, 4.69) is 93.6 Å². The predicted octanol–water partition coefficient (Wildman–Crippen LogP) is 8.03. The number of aliphatic hydroxyl groups excluding tert-OH is 1. The molecule has 1 aliphatic heterocycles. The Morgan fingerprint density at radius 2 is 1.35 bits per heavy atom. The highest BCUT2D eigenvalue weighted by atomic mass is 16.6. The van der Waals surface area contributed by atoms with Gasteiger partial charge in [-0.3, -0.25) is 0 Å². The molecule has 5 aromatic rings. The van der Waals surface area contributed by atoms with Gasteiger partial charge in [0.25, 0.3) is 0 Å². The van der Waals surface area contributed by atoms with Crippen molar-refractivity contribution in [1.82, 2.24) is 0 Å². The Morgan fingerprint density at radius 3 is 1.95 bits per heavy atom. The maximum Gasteiger partial charge on any atom is 0.178 e. The lowest BCUT2D eigenvalue weighted by Crippen LogP contribution is -2.35. The number of fused-ring (bicyclic) bond motifs is 8. The highest BCUT2D eigenvalue weighted by Gasteiger charge is 2.47. The SMILES string of the molecule is COc1ccc(C2(c3ccc(OC)cc3)C=Cc3c4c(c5ccc(C)cc5c3O2)-c2ccc(C)cc2C4(C)OCO)cc1. The van der Waals surface area contributed by atoms with E-state index in [1.54, 1.807) is 14.2 Å². The van der Waals surface area contributed by atoms with Gasteiger partial charge < -0.3 is 24.1 Å². The molecule has 1 heterocycles. The summed E-state index contributed by atoms with van der Waals surface area (Å²) in [6.45, 7) is 5.83.